The van der Waals surface area contributed by atoms with Gasteiger partial charge in [0.15, 0.2) is 0 Å². The van der Waals surface area contributed by atoms with Gasteiger partial charge in [0, 0.05) is 31.7 Å². The fourth-order valence-electron chi connectivity index (χ4n) is 4.24. The molecule has 2 nitrogen and oxygen atoms in total. The topological polar surface area (TPSA) is 6.48 Å². The van der Waals surface area contributed by atoms with Gasteiger partial charge in [0.2, 0.25) is 0 Å². The second-order valence-corrected chi connectivity index (χ2v) is 8.38. The fourth-order valence-corrected chi connectivity index (χ4v) is 4.24. The molecule has 0 aromatic rings. The minimum absolute atomic E-state index is 0.750. The summed E-state index contributed by atoms with van der Waals surface area (Å²) in [5, 5.41) is 0. The Kier molecular flexibility index (Phi) is 6.55. The highest BCUT2D eigenvalue weighted by Gasteiger charge is 2.31. The summed E-state index contributed by atoms with van der Waals surface area (Å²) < 4.78 is 0. The van der Waals surface area contributed by atoms with E-state index in [4.69, 9.17) is 0 Å². The second kappa shape index (κ2) is 7.97. The molecule has 0 bridgehead atoms. The molecular weight excluding hydrogens is 256 g/mol. The van der Waals surface area contributed by atoms with Gasteiger partial charge in [-0.15, -0.1) is 0 Å². The van der Waals surface area contributed by atoms with Crippen LogP contribution in [0.5, 0.6) is 0 Å². The molecule has 2 fully saturated rings. The molecule has 0 N–H and O–H groups in total. The van der Waals surface area contributed by atoms with Gasteiger partial charge in [-0.2, -0.15) is 0 Å². The summed E-state index contributed by atoms with van der Waals surface area (Å²) in [6.45, 7) is 17.1. The van der Waals surface area contributed by atoms with Gasteiger partial charge in [0.25, 0.3) is 0 Å². The Morgan fingerprint density at radius 1 is 0.952 bits per heavy atom. The van der Waals surface area contributed by atoms with E-state index in [9.17, 15) is 0 Å². The summed E-state index contributed by atoms with van der Waals surface area (Å²) in [6.07, 6.45) is 7.17. The molecule has 2 rings (SSSR count). The van der Waals surface area contributed by atoms with Crippen molar-refractivity contribution in [2.45, 2.75) is 78.8 Å². The Bertz CT molecular complexity index is 292. The highest BCUT2D eigenvalue weighted by molar-refractivity contribution is 4.87. The molecule has 0 amide bonds. The van der Waals surface area contributed by atoms with Crippen LogP contribution in [0.15, 0.2) is 0 Å². The van der Waals surface area contributed by atoms with Crippen LogP contribution in [0.1, 0.15) is 66.7 Å². The second-order valence-electron chi connectivity index (χ2n) is 8.38. The Hall–Kier alpha value is -0.0800. The Morgan fingerprint density at radius 2 is 1.62 bits per heavy atom. The highest BCUT2D eigenvalue weighted by atomic mass is 15.3. The first-order valence-electron chi connectivity index (χ1n) is 9.45. The molecule has 1 saturated heterocycles. The van der Waals surface area contributed by atoms with Crippen LogP contribution < -0.4 is 0 Å². The van der Waals surface area contributed by atoms with Crippen molar-refractivity contribution in [3.8, 4) is 0 Å². The standard InChI is InChI=1S/C19H38N2/c1-15(2)10-11-20-12-13-21(14-17(20)5)19-8-6-18(7-9-19)16(3)4/h15-19H,6-14H2,1-5H3/t17-,18?,19?/m0/s1. The van der Waals surface area contributed by atoms with Crippen molar-refractivity contribution in [1.82, 2.24) is 9.80 Å². The van der Waals surface area contributed by atoms with Crippen LogP contribution in [0.4, 0.5) is 0 Å². The van der Waals surface area contributed by atoms with E-state index in [2.05, 4.69) is 44.4 Å². The molecule has 1 atom stereocenters. The number of hydrogen-bond acceptors (Lipinski definition) is 2. The van der Waals surface area contributed by atoms with Crippen LogP contribution in [0.2, 0.25) is 0 Å². The Morgan fingerprint density at radius 3 is 2.14 bits per heavy atom. The molecule has 0 unspecified atom stereocenters. The highest BCUT2D eigenvalue weighted by Crippen LogP contribution is 2.33. The van der Waals surface area contributed by atoms with Crippen molar-refractivity contribution in [2.75, 3.05) is 26.2 Å². The third-order valence-electron chi connectivity index (χ3n) is 5.99. The van der Waals surface area contributed by atoms with Gasteiger partial charge < -0.3 is 0 Å². The lowest BCUT2D eigenvalue weighted by Crippen LogP contribution is -2.55. The predicted octanol–water partition coefficient (Wildman–Crippen LogP) is 4.25. The average Bonchev–Trinajstić information content (AvgIpc) is 2.46. The van der Waals surface area contributed by atoms with Crippen LogP contribution in [-0.4, -0.2) is 48.1 Å². The summed E-state index contributed by atoms with van der Waals surface area (Å²) in [5.74, 6) is 2.71. The van der Waals surface area contributed by atoms with E-state index < -0.39 is 0 Å². The summed E-state index contributed by atoms with van der Waals surface area (Å²) in [7, 11) is 0. The molecule has 1 aliphatic heterocycles. The van der Waals surface area contributed by atoms with Gasteiger partial charge in [-0.1, -0.05) is 27.7 Å². The third kappa shape index (κ3) is 4.96. The predicted molar refractivity (Wildman–Crippen MR) is 92.6 cm³/mol. The molecule has 2 aliphatic rings. The largest absolute Gasteiger partial charge is 0.298 e. The fraction of sp³-hybridized carbons (Fsp3) is 1.00. The zero-order valence-corrected chi connectivity index (χ0v) is 15.1. The number of hydrogen-bond donors (Lipinski definition) is 0. The van der Waals surface area contributed by atoms with E-state index in [0.29, 0.717) is 0 Å². The molecule has 1 heterocycles. The van der Waals surface area contributed by atoms with Gasteiger partial charge in [0.1, 0.15) is 0 Å². The molecule has 2 heteroatoms. The monoisotopic (exact) mass is 294 g/mol. The van der Waals surface area contributed by atoms with E-state index in [1.54, 1.807) is 0 Å². The lowest BCUT2D eigenvalue weighted by molar-refractivity contribution is 0.0327. The van der Waals surface area contributed by atoms with Crippen LogP contribution >= 0.6 is 0 Å². The molecular formula is C19H38N2. The van der Waals surface area contributed by atoms with Gasteiger partial charge in [-0.3, -0.25) is 9.80 Å². The van der Waals surface area contributed by atoms with E-state index in [1.807, 2.05) is 0 Å². The molecule has 21 heavy (non-hydrogen) atoms. The molecule has 124 valence electrons. The molecule has 0 aromatic carbocycles. The van der Waals surface area contributed by atoms with E-state index in [-0.39, 0.29) is 0 Å². The van der Waals surface area contributed by atoms with Gasteiger partial charge in [-0.05, 0) is 63.3 Å². The average molecular weight is 295 g/mol. The first-order valence-corrected chi connectivity index (χ1v) is 9.45. The van der Waals surface area contributed by atoms with Crippen LogP contribution in [0.3, 0.4) is 0 Å². The zero-order chi connectivity index (χ0) is 15.4. The zero-order valence-electron chi connectivity index (χ0n) is 15.1. The summed E-state index contributed by atoms with van der Waals surface area (Å²) in [6, 6.07) is 1.63. The molecule has 1 aliphatic carbocycles. The molecule has 1 saturated carbocycles. The summed E-state index contributed by atoms with van der Waals surface area (Å²) >= 11 is 0. The van der Waals surface area contributed by atoms with Crippen molar-refractivity contribution < 1.29 is 0 Å². The number of piperazine rings is 1. The lowest BCUT2D eigenvalue weighted by Gasteiger charge is -2.45. The molecule has 0 radical (unpaired) electrons. The van der Waals surface area contributed by atoms with Crippen molar-refractivity contribution in [1.29, 1.82) is 0 Å². The Labute approximate surface area is 133 Å². The number of nitrogens with zero attached hydrogens (tertiary/aromatic N) is 2. The number of rotatable bonds is 5. The maximum Gasteiger partial charge on any atom is 0.0195 e. The van der Waals surface area contributed by atoms with Gasteiger partial charge in [-0.25, -0.2) is 0 Å². The van der Waals surface area contributed by atoms with Crippen molar-refractivity contribution in [3.63, 3.8) is 0 Å². The van der Waals surface area contributed by atoms with Crippen molar-refractivity contribution >= 4 is 0 Å². The van der Waals surface area contributed by atoms with E-state index in [0.717, 1.165) is 29.8 Å². The van der Waals surface area contributed by atoms with Gasteiger partial charge >= 0.3 is 0 Å². The lowest BCUT2D eigenvalue weighted by atomic mass is 9.79. The molecule has 0 aromatic heterocycles. The minimum Gasteiger partial charge on any atom is -0.298 e. The first-order chi connectivity index (χ1) is 9.97. The van der Waals surface area contributed by atoms with Crippen LogP contribution in [-0.2, 0) is 0 Å². The normalized spacial score (nSPS) is 33.0. The maximum absolute atomic E-state index is 2.81. The van der Waals surface area contributed by atoms with Crippen LogP contribution in [0, 0.1) is 17.8 Å². The first kappa shape index (κ1) is 17.3. The summed E-state index contributed by atoms with van der Waals surface area (Å²) in [5.41, 5.74) is 0. The van der Waals surface area contributed by atoms with Gasteiger partial charge in [0.05, 0.1) is 0 Å². The molecule has 0 spiro atoms. The van der Waals surface area contributed by atoms with E-state index >= 15 is 0 Å². The van der Waals surface area contributed by atoms with E-state index in [1.165, 1.54) is 58.3 Å². The minimum atomic E-state index is 0.750. The van der Waals surface area contributed by atoms with Crippen LogP contribution in [0.25, 0.3) is 0 Å². The quantitative estimate of drug-likeness (QED) is 0.748. The Balaban J connectivity index is 1.75. The van der Waals surface area contributed by atoms with Crippen molar-refractivity contribution in [2.24, 2.45) is 17.8 Å². The van der Waals surface area contributed by atoms with Crippen molar-refractivity contribution in [3.05, 3.63) is 0 Å². The SMILES string of the molecule is CC(C)CCN1CCN(C2CCC(C(C)C)CC2)C[C@@H]1C. The maximum atomic E-state index is 2.81. The third-order valence-corrected chi connectivity index (χ3v) is 5.99. The summed E-state index contributed by atoms with van der Waals surface area (Å²) in [4.78, 5) is 5.53. The smallest absolute Gasteiger partial charge is 0.0195 e.